The van der Waals surface area contributed by atoms with Crippen LogP contribution in [0, 0.1) is 0 Å². The number of hydrogen-bond acceptors (Lipinski definition) is 6. The molecule has 0 aliphatic carbocycles. The number of H-pyrrole nitrogens is 1. The number of carbonyl (C=O) groups excluding carboxylic acids is 1. The highest BCUT2D eigenvalue weighted by Crippen LogP contribution is 2.25. The molecule has 9 nitrogen and oxygen atoms in total. The van der Waals surface area contributed by atoms with E-state index in [1.54, 1.807) is 24.4 Å². The molecule has 128 valence electrons. The highest BCUT2D eigenvalue weighted by atomic mass is 16.5. The molecule has 1 fully saturated rings. The van der Waals surface area contributed by atoms with Gasteiger partial charge in [-0.1, -0.05) is 18.2 Å². The average Bonchev–Trinajstić information content (AvgIpc) is 3.29. The van der Waals surface area contributed by atoms with E-state index in [-0.39, 0.29) is 24.2 Å². The monoisotopic (exact) mass is 340 g/mol. The zero-order valence-electron chi connectivity index (χ0n) is 13.3. The van der Waals surface area contributed by atoms with E-state index in [0.717, 1.165) is 22.9 Å². The Balaban J connectivity index is 1.47. The number of rotatable bonds is 4. The summed E-state index contributed by atoms with van der Waals surface area (Å²) in [6, 6.07) is 7.11. The third-order valence-corrected chi connectivity index (χ3v) is 4.04. The van der Waals surface area contributed by atoms with Crippen LogP contribution in [0.5, 0.6) is 0 Å². The molecule has 0 saturated carbocycles. The van der Waals surface area contributed by atoms with Crippen LogP contribution >= 0.6 is 0 Å². The quantitative estimate of drug-likeness (QED) is 0.732. The number of amides is 1. The smallest absolute Gasteiger partial charge is 0.275 e. The molecule has 1 amide bonds. The fourth-order valence-electron chi connectivity index (χ4n) is 2.81. The molecule has 0 bridgehead atoms. The molecular formula is C16H16N6O3. The van der Waals surface area contributed by atoms with E-state index >= 15 is 0 Å². The molecule has 25 heavy (non-hydrogen) atoms. The third-order valence-electron chi connectivity index (χ3n) is 4.04. The van der Waals surface area contributed by atoms with Crippen LogP contribution < -0.4 is 10.9 Å². The largest absolute Gasteiger partial charge is 0.370 e. The Morgan fingerprint density at radius 1 is 1.40 bits per heavy atom. The van der Waals surface area contributed by atoms with Gasteiger partial charge in [0.25, 0.3) is 5.56 Å². The predicted molar refractivity (Wildman–Crippen MR) is 88.9 cm³/mol. The number of aromatic amines is 1. The number of anilines is 1. The van der Waals surface area contributed by atoms with Gasteiger partial charge in [0.05, 0.1) is 11.6 Å². The van der Waals surface area contributed by atoms with Crippen LogP contribution in [0.25, 0.3) is 10.8 Å². The molecule has 0 spiro atoms. The molecule has 2 N–H and O–H groups in total. The van der Waals surface area contributed by atoms with Gasteiger partial charge >= 0.3 is 0 Å². The van der Waals surface area contributed by atoms with Crippen molar-refractivity contribution in [3.8, 4) is 0 Å². The lowest BCUT2D eigenvalue weighted by Crippen LogP contribution is -2.29. The first-order chi connectivity index (χ1) is 12.2. The van der Waals surface area contributed by atoms with Gasteiger partial charge in [0.15, 0.2) is 5.82 Å². The maximum atomic E-state index is 12.4. The molecule has 4 rings (SSSR count). The Hall–Kier alpha value is -3.07. The standard InChI is InChI=1S/C16H16N6O3/c23-13(18-16-19-14(20-21-16)12-6-3-7-25-12)9-22-15(24)11-5-2-1-4-10(11)8-17-22/h1-2,4-5,8,12H,3,6-7,9H2,(H2,18,19,20,21,23)/t12-/m0/s1. The molecule has 1 aliphatic heterocycles. The van der Waals surface area contributed by atoms with Crippen molar-refractivity contribution in [3.63, 3.8) is 0 Å². The molecule has 0 unspecified atom stereocenters. The number of benzene rings is 1. The summed E-state index contributed by atoms with van der Waals surface area (Å²) in [7, 11) is 0. The number of carbonyl (C=O) groups is 1. The number of fused-ring (bicyclic) bond motifs is 1. The van der Waals surface area contributed by atoms with E-state index in [4.69, 9.17) is 4.74 Å². The van der Waals surface area contributed by atoms with Crippen molar-refractivity contribution in [2.45, 2.75) is 25.5 Å². The summed E-state index contributed by atoms with van der Waals surface area (Å²) < 4.78 is 6.62. The van der Waals surface area contributed by atoms with E-state index in [2.05, 4.69) is 25.6 Å². The van der Waals surface area contributed by atoms with Crippen molar-refractivity contribution in [3.05, 3.63) is 46.6 Å². The van der Waals surface area contributed by atoms with Crippen molar-refractivity contribution >= 4 is 22.6 Å². The number of ether oxygens (including phenoxy) is 1. The van der Waals surface area contributed by atoms with Crippen LogP contribution in [0.4, 0.5) is 5.95 Å². The second-order valence-electron chi connectivity index (χ2n) is 5.79. The molecule has 1 aromatic carbocycles. The fraction of sp³-hybridized carbons (Fsp3) is 0.312. The molecule has 3 aromatic rings. The minimum Gasteiger partial charge on any atom is -0.370 e. The molecule has 2 aromatic heterocycles. The van der Waals surface area contributed by atoms with Crippen LogP contribution in [0.1, 0.15) is 24.8 Å². The van der Waals surface area contributed by atoms with Crippen molar-refractivity contribution in [2.75, 3.05) is 11.9 Å². The van der Waals surface area contributed by atoms with E-state index in [9.17, 15) is 9.59 Å². The fourth-order valence-corrected chi connectivity index (χ4v) is 2.81. The summed E-state index contributed by atoms with van der Waals surface area (Å²) in [5.41, 5.74) is -0.316. The first kappa shape index (κ1) is 15.5. The number of nitrogens with one attached hydrogen (secondary N) is 2. The maximum absolute atomic E-state index is 12.4. The van der Waals surface area contributed by atoms with Crippen LogP contribution in [-0.2, 0) is 16.1 Å². The molecule has 9 heteroatoms. The molecule has 1 saturated heterocycles. The highest BCUT2D eigenvalue weighted by molar-refractivity contribution is 5.89. The summed E-state index contributed by atoms with van der Waals surface area (Å²) in [6.07, 6.45) is 3.30. The maximum Gasteiger partial charge on any atom is 0.275 e. The second-order valence-corrected chi connectivity index (χ2v) is 5.79. The van der Waals surface area contributed by atoms with Crippen LogP contribution in [0.15, 0.2) is 35.3 Å². The summed E-state index contributed by atoms with van der Waals surface area (Å²) in [6.45, 7) is 0.483. The average molecular weight is 340 g/mol. The lowest BCUT2D eigenvalue weighted by molar-refractivity contribution is -0.117. The zero-order valence-corrected chi connectivity index (χ0v) is 13.3. The van der Waals surface area contributed by atoms with Crippen LogP contribution in [-0.4, -0.2) is 37.5 Å². The Kier molecular flexibility index (Phi) is 3.98. The van der Waals surface area contributed by atoms with Gasteiger partial charge in [-0.2, -0.15) is 10.1 Å². The van der Waals surface area contributed by atoms with Crippen molar-refractivity contribution in [1.82, 2.24) is 25.0 Å². The second kappa shape index (κ2) is 6.44. The van der Waals surface area contributed by atoms with Gasteiger partial charge in [0.2, 0.25) is 11.9 Å². The van der Waals surface area contributed by atoms with Crippen molar-refractivity contribution < 1.29 is 9.53 Å². The summed E-state index contributed by atoms with van der Waals surface area (Å²) >= 11 is 0. The van der Waals surface area contributed by atoms with E-state index in [0.29, 0.717) is 17.8 Å². The Morgan fingerprint density at radius 3 is 3.12 bits per heavy atom. The summed E-state index contributed by atoms with van der Waals surface area (Å²) in [5.74, 6) is 0.320. The van der Waals surface area contributed by atoms with Gasteiger partial charge in [0, 0.05) is 12.0 Å². The normalized spacial score (nSPS) is 17.0. The third kappa shape index (κ3) is 3.13. The predicted octanol–water partition coefficient (Wildman–Crippen LogP) is 1.00. The van der Waals surface area contributed by atoms with E-state index < -0.39 is 5.91 Å². The van der Waals surface area contributed by atoms with Gasteiger partial charge < -0.3 is 4.74 Å². The van der Waals surface area contributed by atoms with Crippen molar-refractivity contribution in [1.29, 1.82) is 0 Å². The zero-order chi connectivity index (χ0) is 17.2. The topological polar surface area (TPSA) is 115 Å². The number of hydrogen-bond donors (Lipinski definition) is 2. The molecule has 0 radical (unpaired) electrons. The van der Waals surface area contributed by atoms with Gasteiger partial charge in [-0.25, -0.2) is 4.68 Å². The minimum atomic E-state index is -0.428. The highest BCUT2D eigenvalue weighted by Gasteiger charge is 2.22. The van der Waals surface area contributed by atoms with Crippen molar-refractivity contribution in [2.24, 2.45) is 0 Å². The van der Waals surface area contributed by atoms with Gasteiger partial charge in [-0.05, 0) is 18.9 Å². The Labute approximate surface area is 142 Å². The number of nitrogens with zero attached hydrogens (tertiary/aromatic N) is 4. The Bertz CT molecular complexity index is 973. The molecule has 1 aliphatic rings. The lowest BCUT2D eigenvalue weighted by atomic mass is 10.2. The minimum absolute atomic E-state index is 0.108. The SMILES string of the molecule is O=C(Cn1ncc2ccccc2c1=O)Nc1n[nH]c([C@@H]2CCCO2)n1. The van der Waals surface area contributed by atoms with E-state index in [1.165, 1.54) is 0 Å². The van der Waals surface area contributed by atoms with Crippen LogP contribution in [0.3, 0.4) is 0 Å². The molecular weight excluding hydrogens is 324 g/mol. The van der Waals surface area contributed by atoms with Gasteiger partial charge in [0.1, 0.15) is 12.6 Å². The molecule has 3 heterocycles. The van der Waals surface area contributed by atoms with Gasteiger partial charge in [-0.15, -0.1) is 5.10 Å². The Morgan fingerprint density at radius 2 is 2.28 bits per heavy atom. The number of aromatic nitrogens is 5. The van der Waals surface area contributed by atoms with Gasteiger partial charge in [-0.3, -0.25) is 20.0 Å². The summed E-state index contributed by atoms with van der Waals surface area (Å²) in [4.78, 5) is 28.7. The molecule has 1 atom stereocenters. The first-order valence-electron chi connectivity index (χ1n) is 7.99. The summed E-state index contributed by atoms with van der Waals surface area (Å²) in [5, 5.41) is 14.6. The first-order valence-corrected chi connectivity index (χ1v) is 7.99. The van der Waals surface area contributed by atoms with Crippen LogP contribution in [0.2, 0.25) is 0 Å². The lowest BCUT2D eigenvalue weighted by Gasteiger charge is -2.05. The van der Waals surface area contributed by atoms with E-state index in [1.807, 2.05) is 6.07 Å².